The highest BCUT2D eigenvalue weighted by atomic mass is 16.3. The molecule has 4 nitrogen and oxygen atoms in total. The molecule has 86 valence electrons. The quantitative estimate of drug-likeness (QED) is 0.767. The van der Waals surface area contributed by atoms with Crippen LogP contribution in [0, 0.1) is 6.92 Å². The third-order valence-corrected chi connectivity index (χ3v) is 3.04. The number of imidazole rings is 1. The molecular formula is C11H21N3O. The minimum absolute atomic E-state index is 0.140. The van der Waals surface area contributed by atoms with Crippen molar-refractivity contribution < 1.29 is 5.11 Å². The van der Waals surface area contributed by atoms with Gasteiger partial charge < -0.3 is 15.0 Å². The summed E-state index contributed by atoms with van der Waals surface area (Å²) in [5.74, 6) is 1.01. The summed E-state index contributed by atoms with van der Waals surface area (Å²) in [4.78, 5) is 4.20. The highest BCUT2D eigenvalue weighted by Crippen LogP contribution is 2.21. The van der Waals surface area contributed by atoms with Crippen molar-refractivity contribution in [3.63, 3.8) is 0 Å². The second-order valence-electron chi connectivity index (χ2n) is 4.40. The topological polar surface area (TPSA) is 50.1 Å². The molecule has 0 aromatic carbocycles. The van der Waals surface area contributed by atoms with Crippen LogP contribution in [-0.2, 0) is 0 Å². The lowest BCUT2D eigenvalue weighted by atomic mass is 9.94. The van der Waals surface area contributed by atoms with E-state index in [4.69, 9.17) is 0 Å². The largest absolute Gasteiger partial charge is 0.394 e. The molecule has 2 atom stereocenters. The Hall–Kier alpha value is -0.870. The molecule has 0 spiro atoms. The molecule has 2 N–H and O–H groups in total. The molecule has 0 radical (unpaired) electrons. The first-order valence-corrected chi connectivity index (χ1v) is 5.31. The van der Waals surface area contributed by atoms with E-state index in [-0.39, 0.29) is 12.1 Å². The number of aryl methyl sites for hydroxylation is 1. The summed E-state index contributed by atoms with van der Waals surface area (Å²) in [6.45, 7) is 6.30. The summed E-state index contributed by atoms with van der Waals surface area (Å²) in [7, 11) is 1.88. The lowest BCUT2D eigenvalue weighted by molar-refractivity contribution is 0.158. The fourth-order valence-corrected chi connectivity index (χ4v) is 1.85. The molecule has 0 saturated carbocycles. The predicted octanol–water partition coefficient (Wildman–Crippen LogP) is 1.11. The molecular weight excluding hydrogens is 190 g/mol. The van der Waals surface area contributed by atoms with Crippen LogP contribution in [0.2, 0.25) is 0 Å². The van der Waals surface area contributed by atoms with Gasteiger partial charge in [-0.3, -0.25) is 0 Å². The molecule has 0 bridgehead atoms. The van der Waals surface area contributed by atoms with Crippen molar-refractivity contribution in [2.75, 3.05) is 13.7 Å². The summed E-state index contributed by atoms with van der Waals surface area (Å²) < 4.78 is 2.13. The number of aliphatic hydroxyl groups is 1. The maximum absolute atomic E-state index is 9.31. The van der Waals surface area contributed by atoms with Gasteiger partial charge >= 0.3 is 0 Å². The van der Waals surface area contributed by atoms with Crippen molar-refractivity contribution in [2.24, 2.45) is 0 Å². The standard InChI is InChI=1S/C11H21N3O/c1-9(7-11(3,8-15)12-4)14-6-5-13-10(14)2/h5-6,9,12,15H,7-8H2,1-4H3. The van der Waals surface area contributed by atoms with Crippen LogP contribution in [0.4, 0.5) is 0 Å². The van der Waals surface area contributed by atoms with Crippen LogP contribution in [0.5, 0.6) is 0 Å². The average Bonchev–Trinajstić information content (AvgIpc) is 2.64. The molecule has 15 heavy (non-hydrogen) atoms. The number of likely N-dealkylation sites (N-methyl/N-ethyl adjacent to an activating group) is 1. The number of nitrogens with one attached hydrogen (secondary N) is 1. The molecule has 1 aromatic rings. The number of nitrogens with zero attached hydrogens (tertiary/aromatic N) is 2. The molecule has 0 aliphatic rings. The van der Waals surface area contributed by atoms with Gasteiger partial charge in [-0.2, -0.15) is 0 Å². The average molecular weight is 211 g/mol. The van der Waals surface area contributed by atoms with E-state index in [0.717, 1.165) is 12.2 Å². The number of hydrogen-bond acceptors (Lipinski definition) is 3. The summed E-state index contributed by atoms with van der Waals surface area (Å²) in [6.07, 6.45) is 4.66. The van der Waals surface area contributed by atoms with Gasteiger partial charge in [0.2, 0.25) is 0 Å². The normalized spacial score (nSPS) is 17.4. The van der Waals surface area contributed by atoms with Gasteiger partial charge in [0.05, 0.1) is 6.61 Å². The fourth-order valence-electron chi connectivity index (χ4n) is 1.85. The maximum atomic E-state index is 9.31. The van der Waals surface area contributed by atoms with Crippen LogP contribution >= 0.6 is 0 Å². The van der Waals surface area contributed by atoms with Crippen LogP contribution in [-0.4, -0.2) is 33.9 Å². The van der Waals surface area contributed by atoms with E-state index in [1.807, 2.05) is 33.3 Å². The molecule has 0 saturated heterocycles. The van der Waals surface area contributed by atoms with Gasteiger partial charge in [0.1, 0.15) is 5.82 Å². The van der Waals surface area contributed by atoms with Gasteiger partial charge in [-0.15, -0.1) is 0 Å². The second kappa shape index (κ2) is 4.77. The monoisotopic (exact) mass is 211 g/mol. The highest BCUT2D eigenvalue weighted by Gasteiger charge is 2.24. The van der Waals surface area contributed by atoms with Crippen molar-refractivity contribution in [1.82, 2.24) is 14.9 Å². The van der Waals surface area contributed by atoms with Crippen molar-refractivity contribution in [3.05, 3.63) is 18.2 Å². The van der Waals surface area contributed by atoms with E-state index >= 15 is 0 Å². The van der Waals surface area contributed by atoms with Gasteiger partial charge in [0.15, 0.2) is 0 Å². The van der Waals surface area contributed by atoms with E-state index in [1.165, 1.54) is 0 Å². The summed E-state index contributed by atoms with van der Waals surface area (Å²) in [5, 5.41) is 12.5. The lowest BCUT2D eigenvalue weighted by Gasteiger charge is -2.30. The Kier molecular flexibility index (Phi) is 3.88. The Balaban J connectivity index is 2.71. The molecule has 4 heteroatoms. The Labute approximate surface area is 91.3 Å². The van der Waals surface area contributed by atoms with Crippen molar-refractivity contribution in [3.8, 4) is 0 Å². The van der Waals surface area contributed by atoms with Gasteiger partial charge in [0.25, 0.3) is 0 Å². The van der Waals surface area contributed by atoms with E-state index in [1.54, 1.807) is 0 Å². The van der Waals surface area contributed by atoms with E-state index in [0.29, 0.717) is 6.04 Å². The molecule has 1 rings (SSSR count). The van der Waals surface area contributed by atoms with Gasteiger partial charge in [-0.1, -0.05) is 0 Å². The molecule has 0 fully saturated rings. The van der Waals surface area contributed by atoms with Crippen LogP contribution in [0.25, 0.3) is 0 Å². The molecule has 0 aliphatic heterocycles. The minimum atomic E-state index is -0.226. The first-order valence-electron chi connectivity index (χ1n) is 5.31. The highest BCUT2D eigenvalue weighted by molar-refractivity contribution is 4.94. The Morgan fingerprint density at radius 3 is 2.73 bits per heavy atom. The third kappa shape index (κ3) is 2.79. The molecule has 1 aromatic heterocycles. The Morgan fingerprint density at radius 1 is 1.67 bits per heavy atom. The maximum Gasteiger partial charge on any atom is 0.105 e. The molecule has 0 amide bonds. The van der Waals surface area contributed by atoms with Gasteiger partial charge in [-0.25, -0.2) is 4.98 Å². The molecule has 0 aliphatic carbocycles. The fraction of sp³-hybridized carbons (Fsp3) is 0.727. The summed E-state index contributed by atoms with van der Waals surface area (Å²) >= 11 is 0. The van der Waals surface area contributed by atoms with Crippen LogP contribution in [0.15, 0.2) is 12.4 Å². The predicted molar refractivity (Wildman–Crippen MR) is 60.8 cm³/mol. The first kappa shape index (κ1) is 12.2. The van der Waals surface area contributed by atoms with E-state index in [2.05, 4.69) is 21.8 Å². The summed E-state index contributed by atoms with van der Waals surface area (Å²) in [5.41, 5.74) is -0.226. The van der Waals surface area contributed by atoms with Crippen LogP contribution < -0.4 is 5.32 Å². The van der Waals surface area contributed by atoms with Crippen molar-refractivity contribution >= 4 is 0 Å². The number of aromatic nitrogens is 2. The second-order valence-corrected chi connectivity index (χ2v) is 4.40. The smallest absolute Gasteiger partial charge is 0.105 e. The van der Waals surface area contributed by atoms with Crippen molar-refractivity contribution in [1.29, 1.82) is 0 Å². The van der Waals surface area contributed by atoms with E-state index in [9.17, 15) is 5.11 Å². The molecule has 2 unspecified atom stereocenters. The van der Waals surface area contributed by atoms with Gasteiger partial charge in [-0.05, 0) is 34.2 Å². The van der Waals surface area contributed by atoms with Crippen molar-refractivity contribution in [2.45, 2.75) is 38.8 Å². The van der Waals surface area contributed by atoms with Crippen LogP contribution in [0.1, 0.15) is 32.1 Å². The zero-order valence-electron chi connectivity index (χ0n) is 9.99. The summed E-state index contributed by atoms with van der Waals surface area (Å²) in [6, 6.07) is 0.331. The lowest BCUT2D eigenvalue weighted by Crippen LogP contribution is -2.44. The third-order valence-electron chi connectivity index (χ3n) is 3.04. The number of rotatable bonds is 5. The molecule has 1 heterocycles. The van der Waals surface area contributed by atoms with Gasteiger partial charge in [0, 0.05) is 24.0 Å². The Morgan fingerprint density at radius 2 is 2.33 bits per heavy atom. The first-order chi connectivity index (χ1) is 7.02. The van der Waals surface area contributed by atoms with Crippen LogP contribution in [0.3, 0.4) is 0 Å². The Bertz CT molecular complexity index is 305. The number of aliphatic hydroxyl groups excluding tert-OH is 1. The zero-order chi connectivity index (χ0) is 11.5. The minimum Gasteiger partial charge on any atom is -0.394 e. The number of hydrogen-bond donors (Lipinski definition) is 2. The SMILES string of the molecule is CNC(C)(CO)CC(C)n1ccnc1C. The van der Waals surface area contributed by atoms with E-state index < -0.39 is 0 Å². The zero-order valence-corrected chi connectivity index (χ0v) is 9.99.